The molecule has 9 atom stereocenters. The van der Waals surface area contributed by atoms with Crippen LogP contribution in [0.5, 0.6) is 0 Å². The van der Waals surface area contributed by atoms with Crippen LogP contribution in [0.1, 0.15) is 78.0 Å². The third-order valence-electron chi connectivity index (χ3n) is 10.5. The van der Waals surface area contributed by atoms with E-state index in [1.807, 2.05) is 20.0 Å². The Balaban J connectivity index is 1.57. The van der Waals surface area contributed by atoms with Crippen molar-refractivity contribution < 1.29 is 29.0 Å². The van der Waals surface area contributed by atoms with Gasteiger partial charge in [0.1, 0.15) is 0 Å². The van der Waals surface area contributed by atoms with Gasteiger partial charge in [0.05, 0.1) is 18.0 Å². The summed E-state index contributed by atoms with van der Waals surface area (Å²) in [6.45, 7) is 9.02. The van der Waals surface area contributed by atoms with Gasteiger partial charge in [-0.1, -0.05) is 40.2 Å². The molecule has 0 aromatic carbocycles. The number of hydrogen-bond donors (Lipinski definition) is 2. The van der Waals surface area contributed by atoms with Gasteiger partial charge in [-0.25, -0.2) is 0 Å². The minimum Gasteiger partial charge on any atom is -0.457 e. The van der Waals surface area contributed by atoms with E-state index in [-0.39, 0.29) is 47.3 Å². The van der Waals surface area contributed by atoms with Crippen LogP contribution in [0.15, 0.2) is 11.8 Å². The van der Waals surface area contributed by atoms with Crippen molar-refractivity contribution in [3.8, 4) is 0 Å². The van der Waals surface area contributed by atoms with E-state index < -0.39 is 41.4 Å². The molecule has 9 heteroatoms. The topological polar surface area (TPSA) is 119 Å². The average molecular weight is 547 g/mol. The smallest absolute Gasteiger partial charge is 0.306 e. The number of ketones is 1. The molecule has 3 saturated carbocycles. The van der Waals surface area contributed by atoms with Crippen LogP contribution in [0.2, 0.25) is 0 Å². The van der Waals surface area contributed by atoms with E-state index in [1.165, 1.54) is 5.57 Å². The lowest BCUT2D eigenvalue weighted by Gasteiger charge is -2.61. The van der Waals surface area contributed by atoms with Gasteiger partial charge in [0.2, 0.25) is 5.78 Å². The molecule has 2 N–H and O–H groups in total. The number of alkyl halides is 1. The number of rotatable bonds is 6. The fourth-order valence-corrected chi connectivity index (χ4v) is 9.30. The number of carbonyl (C=O) groups is 3. The Kier molecular flexibility index (Phi) is 6.83. The second kappa shape index (κ2) is 9.47. The van der Waals surface area contributed by atoms with E-state index in [0.717, 1.165) is 17.7 Å². The zero-order valence-corrected chi connectivity index (χ0v) is 23.6. The van der Waals surface area contributed by atoms with Crippen molar-refractivity contribution in [1.82, 2.24) is 10.2 Å². The van der Waals surface area contributed by atoms with Gasteiger partial charge < -0.3 is 14.6 Å². The van der Waals surface area contributed by atoms with Crippen molar-refractivity contribution in [2.75, 3.05) is 6.61 Å². The van der Waals surface area contributed by atoms with Gasteiger partial charge in [-0.05, 0) is 60.5 Å². The molecule has 0 bridgehead atoms. The molecule has 0 spiro atoms. The zero-order chi connectivity index (χ0) is 27.6. The number of fused-ring (bicyclic) bond motifs is 6. The fourth-order valence-electron chi connectivity index (χ4n) is 8.80. The molecule has 208 valence electrons. The summed E-state index contributed by atoms with van der Waals surface area (Å²) in [5.74, 6) is -1.98. The molecule has 0 saturated heterocycles. The van der Waals surface area contributed by atoms with Crippen molar-refractivity contribution in [3.05, 3.63) is 23.0 Å². The molecule has 0 unspecified atom stereocenters. The number of aliphatic hydroxyl groups is 1. The third-order valence-corrected chi connectivity index (χ3v) is 10.9. The molecule has 4 aliphatic carbocycles. The molecule has 3 fully saturated rings. The van der Waals surface area contributed by atoms with Crippen LogP contribution in [0.4, 0.5) is 0 Å². The lowest BCUT2D eigenvalue weighted by Crippen LogP contribution is -2.66. The number of aromatic amines is 1. The molecule has 4 aliphatic rings. The van der Waals surface area contributed by atoms with E-state index in [1.54, 1.807) is 13.8 Å². The number of carbonyl (C=O) groups excluding carboxylic acids is 3. The number of ether oxygens (including phenoxy) is 2. The number of esters is 2. The molecule has 38 heavy (non-hydrogen) atoms. The number of aromatic nitrogens is 2. The first-order chi connectivity index (χ1) is 17.9. The highest BCUT2D eigenvalue weighted by Gasteiger charge is 2.74. The monoisotopic (exact) mass is 546 g/mol. The number of hydrogen-bond acceptors (Lipinski definition) is 7. The van der Waals surface area contributed by atoms with Crippen molar-refractivity contribution >= 4 is 35.4 Å². The maximum absolute atomic E-state index is 14.0. The lowest BCUT2D eigenvalue weighted by atomic mass is 9.45. The minimum absolute atomic E-state index is 0.0620. The molecule has 0 amide bonds. The number of nitrogens with zero attached hydrogens (tertiary/aromatic N) is 1. The summed E-state index contributed by atoms with van der Waals surface area (Å²) < 4.78 is 11.4. The van der Waals surface area contributed by atoms with Crippen LogP contribution in [-0.2, 0) is 30.3 Å². The summed E-state index contributed by atoms with van der Waals surface area (Å²) in [4.78, 5) is 38.7. The van der Waals surface area contributed by atoms with Gasteiger partial charge in [0.25, 0.3) is 0 Å². The number of Topliss-reactive ketones (excluding diaryl/α,β-unsaturated/α-hetero) is 1. The molecule has 0 aliphatic heterocycles. The first-order valence-electron chi connectivity index (χ1n) is 13.9. The number of nitrogens with one attached hydrogen (secondary N) is 1. The fraction of sp³-hybridized carbons (Fsp3) is 0.724. The standard InChI is InChI=1S/C29H39ClN2O6/c1-6-23(35)37-14-22(34)29(38-24(36)7-2)15(3)8-18-25-19(30)9-17-10-20-16(13-31-32-20)11-27(17,4)26(25)21(33)12-28(18,29)5/h10,13,15,18-19,21,25-26,33H,6-9,11-12,14H2,1-5H3,(H,31,32)/t15-,18+,19-,21+,25-,26+,27+,28+,29+/m1/s1. The minimum atomic E-state index is -1.51. The molecule has 5 rings (SSSR count). The third kappa shape index (κ3) is 3.73. The summed E-state index contributed by atoms with van der Waals surface area (Å²) in [5, 5.41) is 19.0. The highest BCUT2D eigenvalue weighted by atomic mass is 35.5. The number of aliphatic hydroxyl groups excluding tert-OH is 1. The summed E-state index contributed by atoms with van der Waals surface area (Å²) in [5.41, 5.74) is 0.666. The maximum atomic E-state index is 14.0. The molecule has 8 nitrogen and oxygen atoms in total. The molecule has 0 radical (unpaired) electrons. The van der Waals surface area contributed by atoms with E-state index in [2.05, 4.69) is 23.2 Å². The van der Waals surface area contributed by atoms with Crippen molar-refractivity contribution in [1.29, 1.82) is 0 Å². The average Bonchev–Trinajstić information content (AvgIpc) is 3.40. The molecule has 1 aromatic heterocycles. The van der Waals surface area contributed by atoms with E-state index >= 15 is 0 Å². The van der Waals surface area contributed by atoms with Crippen LogP contribution in [0, 0.1) is 34.5 Å². The predicted molar refractivity (Wildman–Crippen MR) is 141 cm³/mol. The van der Waals surface area contributed by atoms with E-state index in [4.69, 9.17) is 21.1 Å². The predicted octanol–water partition coefficient (Wildman–Crippen LogP) is 4.24. The highest BCUT2D eigenvalue weighted by Crippen LogP contribution is 2.70. The SMILES string of the molecule is CCC(=O)OCC(=O)[C@@]1(OC(=O)CC)[C@H](C)C[C@H]2[C@H]3[C@H]([C@@H](O)C[C@@]21C)[C@@]1(C)Cc2cn[nH]c2C=C1C[C@H]3Cl. The molecular weight excluding hydrogens is 508 g/mol. The Hall–Kier alpha value is -2.19. The number of H-pyrrole nitrogens is 1. The van der Waals surface area contributed by atoms with Gasteiger partial charge in [0.15, 0.2) is 12.2 Å². The Morgan fingerprint density at radius 1 is 1.21 bits per heavy atom. The number of allylic oxidation sites excluding steroid dienone is 1. The first kappa shape index (κ1) is 27.4. The van der Waals surface area contributed by atoms with Crippen LogP contribution < -0.4 is 0 Å². The van der Waals surface area contributed by atoms with Crippen molar-refractivity contribution in [3.63, 3.8) is 0 Å². The summed E-state index contributed by atoms with van der Waals surface area (Å²) >= 11 is 7.20. The first-order valence-corrected chi connectivity index (χ1v) is 14.3. The summed E-state index contributed by atoms with van der Waals surface area (Å²) in [6, 6.07) is 0. The van der Waals surface area contributed by atoms with Gasteiger partial charge in [-0.2, -0.15) is 5.10 Å². The van der Waals surface area contributed by atoms with Gasteiger partial charge in [-0.15, -0.1) is 11.6 Å². The lowest BCUT2D eigenvalue weighted by molar-refractivity contribution is -0.207. The van der Waals surface area contributed by atoms with Crippen LogP contribution in [0.25, 0.3) is 6.08 Å². The Morgan fingerprint density at radius 3 is 2.61 bits per heavy atom. The van der Waals surface area contributed by atoms with Gasteiger partial charge >= 0.3 is 11.9 Å². The Labute approximate surface area is 228 Å². The van der Waals surface area contributed by atoms with Crippen LogP contribution in [0.3, 0.4) is 0 Å². The van der Waals surface area contributed by atoms with Crippen LogP contribution in [-0.4, -0.2) is 56.7 Å². The summed E-state index contributed by atoms with van der Waals surface area (Å²) in [6.07, 6.45) is 5.86. The molecular formula is C29H39ClN2O6. The molecule has 1 heterocycles. The largest absolute Gasteiger partial charge is 0.457 e. The zero-order valence-electron chi connectivity index (χ0n) is 22.9. The summed E-state index contributed by atoms with van der Waals surface area (Å²) in [7, 11) is 0. The second-order valence-electron chi connectivity index (χ2n) is 12.3. The van der Waals surface area contributed by atoms with E-state index in [9.17, 15) is 19.5 Å². The van der Waals surface area contributed by atoms with Gasteiger partial charge in [0, 0.05) is 29.6 Å². The molecule has 1 aromatic rings. The second-order valence-corrected chi connectivity index (χ2v) is 12.9. The maximum Gasteiger partial charge on any atom is 0.306 e. The normalized spacial score (nSPS) is 41.2. The Morgan fingerprint density at radius 2 is 1.92 bits per heavy atom. The van der Waals surface area contributed by atoms with Crippen molar-refractivity contribution in [2.24, 2.45) is 34.5 Å². The number of halogens is 1. The van der Waals surface area contributed by atoms with Crippen molar-refractivity contribution in [2.45, 2.75) is 90.2 Å². The van der Waals surface area contributed by atoms with Gasteiger partial charge in [-0.3, -0.25) is 19.5 Å². The van der Waals surface area contributed by atoms with Crippen LogP contribution >= 0.6 is 11.6 Å². The highest BCUT2D eigenvalue weighted by molar-refractivity contribution is 6.21. The Bertz CT molecular complexity index is 1180. The quantitative estimate of drug-likeness (QED) is 0.404. The van der Waals surface area contributed by atoms with E-state index in [0.29, 0.717) is 19.3 Å².